The van der Waals surface area contributed by atoms with Gasteiger partial charge in [0.2, 0.25) is 0 Å². The normalized spacial score (nSPS) is 18.8. The van der Waals surface area contributed by atoms with E-state index < -0.39 is 0 Å². The van der Waals surface area contributed by atoms with Crippen LogP contribution in [0.1, 0.15) is 36.8 Å². The number of rotatable bonds is 2. The van der Waals surface area contributed by atoms with Crippen molar-refractivity contribution >= 4 is 41.1 Å². The molecule has 0 atom stereocenters. The van der Waals surface area contributed by atoms with Gasteiger partial charge in [-0.2, -0.15) is 0 Å². The highest BCUT2D eigenvalue weighted by molar-refractivity contribution is 6.32. The molecule has 2 aromatic rings. The first-order valence-electron chi connectivity index (χ1n) is 8.10. The van der Waals surface area contributed by atoms with Crippen LogP contribution in [-0.2, 0) is 4.79 Å². The number of ketones is 1. The van der Waals surface area contributed by atoms with E-state index in [0.717, 1.165) is 48.0 Å². The molecular weight excluding hydrogens is 339 g/mol. The van der Waals surface area contributed by atoms with Crippen LogP contribution in [-0.4, -0.2) is 5.78 Å². The molecule has 3 rings (SSSR count). The van der Waals surface area contributed by atoms with Gasteiger partial charge in [-0.05, 0) is 61.1 Å². The van der Waals surface area contributed by atoms with E-state index in [1.165, 1.54) is 0 Å². The Bertz CT molecular complexity index is 751. The fourth-order valence-electron chi connectivity index (χ4n) is 2.90. The lowest BCUT2D eigenvalue weighted by molar-refractivity contribution is -0.112. The highest BCUT2D eigenvalue weighted by atomic mass is 35.5. The average molecular weight is 357 g/mol. The van der Waals surface area contributed by atoms with E-state index in [9.17, 15) is 4.79 Å². The van der Waals surface area contributed by atoms with Gasteiger partial charge < -0.3 is 0 Å². The Kier molecular flexibility index (Phi) is 5.55. The molecule has 1 nitrogen and oxygen atoms in total. The summed E-state index contributed by atoms with van der Waals surface area (Å²) >= 11 is 12.5. The Balaban J connectivity index is 1.97. The van der Waals surface area contributed by atoms with E-state index in [4.69, 9.17) is 23.2 Å². The van der Waals surface area contributed by atoms with Crippen LogP contribution >= 0.6 is 23.2 Å². The standard InChI is InChI=1S/C21H18Cl2O/c22-19-11-5-3-7-15(19)13-17-9-1-2-10-18(21(17)24)14-16-8-4-6-12-20(16)23/h3-8,11-14H,1-2,9-10H2/b17-13+,18-14+. The lowest BCUT2D eigenvalue weighted by atomic mass is 9.98. The van der Waals surface area contributed by atoms with Crippen LogP contribution in [0.15, 0.2) is 59.7 Å². The van der Waals surface area contributed by atoms with Gasteiger partial charge >= 0.3 is 0 Å². The van der Waals surface area contributed by atoms with Gasteiger partial charge in [-0.25, -0.2) is 0 Å². The monoisotopic (exact) mass is 356 g/mol. The first kappa shape index (κ1) is 17.0. The summed E-state index contributed by atoms with van der Waals surface area (Å²) in [4.78, 5) is 13.0. The summed E-state index contributed by atoms with van der Waals surface area (Å²) in [6, 6.07) is 15.2. The summed E-state index contributed by atoms with van der Waals surface area (Å²) in [6.45, 7) is 0. The third-order valence-electron chi connectivity index (χ3n) is 4.20. The molecule has 2 aromatic carbocycles. The van der Waals surface area contributed by atoms with Crippen molar-refractivity contribution in [2.45, 2.75) is 25.7 Å². The summed E-state index contributed by atoms with van der Waals surface area (Å²) in [5.74, 6) is 0.104. The lowest BCUT2D eigenvalue weighted by Crippen LogP contribution is -2.04. The Labute approximate surface area is 152 Å². The number of Topliss-reactive ketones (excluding diaryl/α,β-unsaturated/α-hetero) is 1. The van der Waals surface area contributed by atoms with Crippen LogP contribution in [0.3, 0.4) is 0 Å². The molecule has 0 spiro atoms. The number of carbonyl (C=O) groups is 1. The average Bonchev–Trinajstić information content (AvgIpc) is 2.75. The van der Waals surface area contributed by atoms with Crippen LogP contribution in [0.25, 0.3) is 12.2 Å². The molecular formula is C21H18Cl2O. The molecule has 0 amide bonds. The highest BCUT2D eigenvalue weighted by Gasteiger charge is 2.19. The molecule has 0 heterocycles. The molecule has 1 aliphatic carbocycles. The largest absolute Gasteiger partial charge is 0.289 e. The van der Waals surface area contributed by atoms with Crippen LogP contribution < -0.4 is 0 Å². The highest BCUT2D eigenvalue weighted by Crippen LogP contribution is 2.29. The van der Waals surface area contributed by atoms with Gasteiger partial charge in [0.15, 0.2) is 5.78 Å². The summed E-state index contributed by atoms with van der Waals surface area (Å²) in [5, 5.41) is 1.33. The number of benzene rings is 2. The van der Waals surface area contributed by atoms with Crippen LogP contribution in [0.5, 0.6) is 0 Å². The molecule has 0 aliphatic heterocycles. The minimum Gasteiger partial charge on any atom is -0.289 e. The van der Waals surface area contributed by atoms with E-state index >= 15 is 0 Å². The molecule has 0 radical (unpaired) electrons. The van der Waals surface area contributed by atoms with E-state index in [2.05, 4.69) is 0 Å². The Hall–Kier alpha value is -1.83. The second kappa shape index (κ2) is 7.83. The summed E-state index contributed by atoms with van der Waals surface area (Å²) < 4.78 is 0. The molecule has 122 valence electrons. The number of hydrogen-bond acceptors (Lipinski definition) is 1. The van der Waals surface area contributed by atoms with Crippen LogP contribution in [0.2, 0.25) is 10.0 Å². The minimum atomic E-state index is 0.104. The SMILES string of the molecule is O=C1/C(=C/c2ccccc2Cl)CCCC/C1=C\c1ccccc1Cl. The second-order valence-electron chi connectivity index (χ2n) is 5.92. The van der Waals surface area contributed by atoms with Crippen LogP contribution in [0.4, 0.5) is 0 Å². The minimum absolute atomic E-state index is 0.104. The molecule has 0 unspecified atom stereocenters. The third kappa shape index (κ3) is 3.98. The number of allylic oxidation sites excluding steroid dienone is 2. The molecule has 0 N–H and O–H groups in total. The zero-order valence-electron chi connectivity index (χ0n) is 13.3. The maximum atomic E-state index is 13.0. The second-order valence-corrected chi connectivity index (χ2v) is 6.73. The zero-order chi connectivity index (χ0) is 16.9. The number of carbonyl (C=O) groups excluding carboxylic acids is 1. The van der Waals surface area contributed by atoms with Crippen molar-refractivity contribution in [2.24, 2.45) is 0 Å². The summed E-state index contributed by atoms with van der Waals surface area (Å²) in [5.41, 5.74) is 3.42. The van der Waals surface area contributed by atoms with Crippen molar-refractivity contribution in [1.82, 2.24) is 0 Å². The zero-order valence-corrected chi connectivity index (χ0v) is 14.8. The first-order valence-corrected chi connectivity index (χ1v) is 8.85. The van der Waals surface area contributed by atoms with Gasteiger partial charge in [-0.15, -0.1) is 0 Å². The van der Waals surface area contributed by atoms with Gasteiger partial charge in [0.05, 0.1) is 0 Å². The number of halogens is 2. The topological polar surface area (TPSA) is 17.1 Å². The number of hydrogen-bond donors (Lipinski definition) is 0. The predicted molar refractivity (Wildman–Crippen MR) is 102 cm³/mol. The maximum Gasteiger partial charge on any atom is 0.185 e. The van der Waals surface area contributed by atoms with Gasteiger partial charge in [0, 0.05) is 21.2 Å². The predicted octanol–water partition coefficient (Wildman–Crippen LogP) is 6.60. The summed E-state index contributed by atoms with van der Waals surface area (Å²) in [7, 11) is 0. The molecule has 3 heteroatoms. The first-order chi connectivity index (χ1) is 11.6. The fraction of sp³-hybridized carbons (Fsp3) is 0.190. The fourth-order valence-corrected chi connectivity index (χ4v) is 3.28. The van der Waals surface area contributed by atoms with Gasteiger partial charge in [0.25, 0.3) is 0 Å². The summed E-state index contributed by atoms with van der Waals surface area (Å²) in [6.07, 6.45) is 7.42. The van der Waals surface area contributed by atoms with Crippen molar-refractivity contribution < 1.29 is 4.79 Å². The Morgan fingerprint density at radius 3 is 1.54 bits per heavy atom. The van der Waals surface area contributed by atoms with Crippen molar-refractivity contribution in [3.8, 4) is 0 Å². The molecule has 1 fully saturated rings. The molecule has 0 bridgehead atoms. The smallest absolute Gasteiger partial charge is 0.185 e. The van der Waals surface area contributed by atoms with Crippen molar-refractivity contribution in [3.63, 3.8) is 0 Å². The Morgan fingerprint density at radius 1 is 0.708 bits per heavy atom. The van der Waals surface area contributed by atoms with Crippen molar-refractivity contribution in [2.75, 3.05) is 0 Å². The van der Waals surface area contributed by atoms with E-state index in [-0.39, 0.29) is 5.78 Å². The molecule has 0 saturated heterocycles. The maximum absolute atomic E-state index is 13.0. The van der Waals surface area contributed by atoms with E-state index in [0.29, 0.717) is 10.0 Å². The van der Waals surface area contributed by atoms with Gasteiger partial charge in [0.1, 0.15) is 0 Å². The lowest BCUT2D eigenvalue weighted by Gasteiger charge is -2.07. The molecule has 0 aromatic heterocycles. The van der Waals surface area contributed by atoms with Gasteiger partial charge in [-0.1, -0.05) is 59.6 Å². The third-order valence-corrected chi connectivity index (χ3v) is 4.88. The van der Waals surface area contributed by atoms with Gasteiger partial charge in [-0.3, -0.25) is 4.79 Å². The molecule has 1 aliphatic rings. The Morgan fingerprint density at radius 2 is 1.12 bits per heavy atom. The quantitative estimate of drug-likeness (QED) is 0.437. The molecule has 1 saturated carbocycles. The van der Waals surface area contributed by atoms with E-state index in [1.54, 1.807) is 0 Å². The van der Waals surface area contributed by atoms with Crippen molar-refractivity contribution in [1.29, 1.82) is 0 Å². The van der Waals surface area contributed by atoms with E-state index in [1.807, 2.05) is 60.7 Å². The van der Waals surface area contributed by atoms with Crippen LogP contribution in [0, 0.1) is 0 Å². The molecule has 24 heavy (non-hydrogen) atoms. The van der Waals surface area contributed by atoms with Crippen molar-refractivity contribution in [3.05, 3.63) is 80.8 Å².